The van der Waals surface area contributed by atoms with Gasteiger partial charge in [0.1, 0.15) is 6.17 Å². The molecule has 4 nitrogen and oxygen atoms in total. The normalized spacial score (nSPS) is 12.3. The molecule has 5 heteroatoms. The average Bonchev–Trinajstić information content (AvgIpc) is 3.01. The molecular weight excluding hydrogens is 281 g/mol. The van der Waals surface area contributed by atoms with Crippen LogP contribution in [0.3, 0.4) is 0 Å². The molecule has 2 N–H and O–H groups in total. The monoisotopic (exact) mass is 297 g/mol. The van der Waals surface area contributed by atoms with Crippen molar-refractivity contribution >= 4 is 16.8 Å². The van der Waals surface area contributed by atoms with E-state index in [2.05, 4.69) is 15.5 Å². The number of H-pyrrole nitrogens is 1. The Morgan fingerprint density at radius 1 is 1.27 bits per heavy atom. The second kappa shape index (κ2) is 5.97. The zero-order valence-corrected chi connectivity index (χ0v) is 12.1. The molecule has 2 aromatic carbocycles. The highest BCUT2D eigenvalue weighted by atomic mass is 19.1. The summed E-state index contributed by atoms with van der Waals surface area (Å²) in [6, 6.07) is 12.3. The highest BCUT2D eigenvalue weighted by Gasteiger charge is 2.09. The molecule has 1 aromatic heterocycles. The Hall–Kier alpha value is -2.69. The smallest absolute Gasteiger partial charge is 0.251 e. The third-order valence-electron chi connectivity index (χ3n) is 3.65. The van der Waals surface area contributed by atoms with Crippen molar-refractivity contribution in [3.8, 4) is 0 Å². The van der Waals surface area contributed by atoms with E-state index in [0.29, 0.717) is 17.7 Å². The molecule has 0 saturated heterocycles. The van der Waals surface area contributed by atoms with Crippen LogP contribution < -0.4 is 5.32 Å². The predicted octanol–water partition coefficient (Wildman–Crippen LogP) is 3.52. The molecule has 3 aromatic rings. The number of hydrogen-bond donors (Lipinski definition) is 2. The van der Waals surface area contributed by atoms with Crippen molar-refractivity contribution in [1.82, 2.24) is 15.5 Å². The number of amides is 1. The SMILES string of the molecule is CC(F)c1ccc(C(=O)NCc2cccc3[nH]ncc23)cc1. The minimum absolute atomic E-state index is 0.182. The fourth-order valence-corrected chi connectivity index (χ4v) is 2.36. The van der Waals surface area contributed by atoms with E-state index in [1.807, 2.05) is 18.2 Å². The number of nitrogens with zero attached hydrogens (tertiary/aromatic N) is 1. The van der Waals surface area contributed by atoms with Crippen molar-refractivity contribution in [1.29, 1.82) is 0 Å². The number of benzene rings is 2. The first-order valence-corrected chi connectivity index (χ1v) is 7.08. The number of hydrogen-bond acceptors (Lipinski definition) is 2. The van der Waals surface area contributed by atoms with Crippen LogP contribution in [0, 0.1) is 0 Å². The first-order chi connectivity index (χ1) is 10.6. The summed E-state index contributed by atoms with van der Waals surface area (Å²) in [7, 11) is 0. The molecular formula is C17H16FN3O. The van der Waals surface area contributed by atoms with Crippen LogP contribution >= 0.6 is 0 Å². The Kier molecular flexibility index (Phi) is 3.87. The fourth-order valence-electron chi connectivity index (χ4n) is 2.36. The van der Waals surface area contributed by atoms with E-state index >= 15 is 0 Å². The van der Waals surface area contributed by atoms with E-state index in [0.717, 1.165) is 16.5 Å². The van der Waals surface area contributed by atoms with E-state index in [4.69, 9.17) is 0 Å². The molecule has 0 saturated carbocycles. The molecule has 0 fully saturated rings. The number of rotatable bonds is 4. The number of carbonyl (C=O) groups excluding carboxylic acids is 1. The fraction of sp³-hybridized carbons (Fsp3) is 0.176. The summed E-state index contributed by atoms with van der Waals surface area (Å²) in [6.07, 6.45) is 0.713. The molecule has 0 bridgehead atoms. The number of aromatic amines is 1. The van der Waals surface area contributed by atoms with E-state index in [-0.39, 0.29) is 5.91 Å². The van der Waals surface area contributed by atoms with E-state index in [1.54, 1.807) is 30.5 Å². The summed E-state index contributed by atoms with van der Waals surface area (Å²) in [6.45, 7) is 1.89. The molecule has 22 heavy (non-hydrogen) atoms. The van der Waals surface area contributed by atoms with Crippen molar-refractivity contribution in [2.24, 2.45) is 0 Å². The van der Waals surface area contributed by atoms with Gasteiger partial charge in [0.2, 0.25) is 0 Å². The number of alkyl halides is 1. The van der Waals surface area contributed by atoms with Gasteiger partial charge in [0.05, 0.1) is 11.7 Å². The molecule has 1 unspecified atom stereocenters. The number of aromatic nitrogens is 2. The highest BCUT2D eigenvalue weighted by Crippen LogP contribution is 2.18. The van der Waals surface area contributed by atoms with Crippen molar-refractivity contribution in [3.05, 3.63) is 65.4 Å². The molecule has 0 spiro atoms. The van der Waals surface area contributed by atoms with Crippen LogP contribution in [0.2, 0.25) is 0 Å². The first kappa shape index (κ1) is 14.3. The Morgan fingerprint density at radius 2 is 2.05 bits per heavy atom. The first-order valence-electron chi connectivity index (χ1n) is 7.08. The maximum absolute atomic E-state index is 13.1. The summed E-state index contributed by atoms with van der Waals surface area (Å²) >= 11 is 0. The van der Waals surface area contributed by atoms with Gasteiger partial charge in [-0.3, -0.25) is 9.89 Å². The van der Waals surface area contributed by atoms with Crippen LogP contribution in [0.5, 0.6) is 0 Å². The predicted molar refractivity (Wildman–Crippen MR) is 83.2 cm³/mol. The van der Waals surface area contributed by atoms with Crippen LogP contribution in [0.25, 0.3) is 10.9 Å². The van der Waals surface area contributed by atoms with Gasteiger partial charge in [0, 0.05) is 17.5 Å². The van der Waals surface area contributed by atoms with Gasteiger partial charge in [-0.1, -0.05) is 24.3 Å². The van der Waals surface area contributed by atoms with Crippen molar-refractivity contribution in [3.63, 3.8) is 0 Å². The Balaban J connectivity index is 1.71. The van der Waals surface area contributed by atoms with Gasteiger partial charge in [-0.2, -0.15) is 5.10 Å². The number of fused-ring (bicyclic) bond motifs is 1. The lowest BCUT2D eigenvalue weighted by Gasteiger charge is -2.08. The number of nitrogens with one attached hydrogen (secondary N) is 2. The average molecular weight is 297 g/mol. The summed E-state index contributed by atoms with van der Waals surface area (Å²) in [5.41, 5.74) is 3.02. The topological polar surface area (TPSA) is 57.8 Å². The maximum atomic E-state index is 13.1. The van der Waals surface area contributed by atoms with Crippen LogP contribution in [0.1, 0.15) is 34.6 Å². The lowest BCUT2D eigenvalue weighted by atomic mass is 10.1. The zero-order chi connectivity index (χ0) is 15.5. The van der Waals surface area contributed by atoms with Crippen LogP contribution in [-0.2, 0) is 6.54 Å². The third kappa shape index (κ3) is 2.83. The van der Waals surface area contributed by atoms with E-state index in [9.17, 15) is 9.18 Å². The van der Waals surface area contributed by atoms with Crippen molar-refractivity contribution < 1.29 is 9.18 Å². The Bertz CT molecular complexity index is 793. The maximum Gasteiger partial charge on any atom is 0.251 e. The molecule has 0 aliphatic carbocycles. The molecule has 1 heterocycles. The lowest BCUT2D eigenvalue weighted by Crippen LogP contribution is -2.22. The molecule has 0 aliphatic heterocycles. The second-order valence-corrected chi connectivity index (χ2v) is 5.17. The van der Waals surface area contributed by atoms with Crippen molar-refractivity contribution in [2.75, 3.05) is 0 Å². The van der Waals surface area contributed by atoms with Crippen LogP contribution in [-0.4, -0.2) is 16.1 Å². The molecule has 0 radical (unpaired) electrons. The summed E-state index contributed by atoms with van der Waals surface area (Å²) in [5.74, 6) is -0.182. The minimum Gasteiger partial charge on any atom is -0.348 e. The largest absolute Gasteiger partial charge is 0.348 e. The Labute approximate surface area is 127 Å². The van der Waals surface area contributed by atoms with Crippen molar-refractivity contribution in [2.45, 2.75) is 19.6 Å². The highest BCUT2D eigenvalue weighted by molar-refractivity contribution is 5.94. The lowest BCUT2D eigenvalue weighted by molar-refractivity contribution is 0.0951. The van der Waals surface area contributed by atoms with Gasteiger partial charge in [-0.05, 0) is 36.2 Å². The van der Waals surface area contributed by atoms with Gasteiger partial charge in [0.15, 0.2) is 0 Å². The number of carbonyl (C=O) groups is 1. The number of halogens is 1. The standard InChI is InChI=1S/C17H16FN3O/c1-11(18)12-5-7-13(8-6-12)17(22)19-9-14-3-2-4-16-15(14)10-20-21-16/h2-8,10-11H,9H2,1H3,(H,19,22)(H,20,21). The summed E-state index contributed by atoms with van der Waals surface area (Å²) in [4.78, 5) is 12.1. The summed E-state index contributed by atoms with van der Waals surface area (Å²) < 4.78 is 13.1. The molecule has 112 valence electrons. The molecule has 1 amide bonds. The molecule has 1 atom stereocenters. The van der Waals surface area contributed by atoms with E-state index in [1.165, 1.54) is 6.92 Å². The van der Waals surface area contributed by atoms with Gasteiger partial charge in [-0.25, -0.2) is 4.39 Å². The van der Waals surface area contributed by atoms with Crippen LogP contribution in [0.4, 0.5) is 4.39 Å². The van der Waals surface area contributed by atoms with Gasteiger partial charge in [0.25, 0.3) is 5.91 Å². The molecule has 0 aliphatic rings. The van der Waals surface area contributed by atoms with Gasteiger partial charge < -0.3 is 5.32 Å². The molecule has 3 rings (SSSR count). The zero-order valence-electron chi connectivity index (χ0n) is 12.1. The Morgan fingerprint density at radius 3 is 2.77 bits per heavy atom. The quantitative estimate of drug-likeness (QED) is 0.774. The van der Waals surface area contributed by atoms with E-state index < -0.39 is 6.17 Å². The second-order valence-electron chi connectivity index (χ2n) is 5.17. The third-order valence-corrected chi connectivity index (χ3v) is 3.65. The van der Waals surface area contributed by atoms with Crippen LogP contribution in [0.15, 0.2) is 48.7 Å². The summed E-state index contributed by atoms with van der Waals surface area (Å²) in [5, 5.41) is 10.8. The van der Waals surface area contributed by atoms with Gasteiger partial charge in [-0.15, -0.1) is 0 Å². The minimum atomic E-state index is -1.03. The van der Waals surface area contributed by atoms with Gasteiger partial charge >= 0.3 is 0 Å².